The van der Waals surface area contributed by atoms with E-state index in [2.05, 4.69) is 20.9 Å². The number of nitrogens with zero attached hydrogens (tertiary/aromatic N) is 3. The molecule has 0 spiro atoms. The molecule has 1 aliphatic carbocycles. The Kier molecular flexibility index (Phi) is 6.71. The van der Waals surface area contributed by atoms with E-state index in [0.717, 1.165) is 41.5 Å². The topological polar surface area (TPSA) is 58.7 Å². The summed E-state index contributed by atoms with van der Waals surface area (Å²) in [5.74, 6) is 1.35. The molecule has 0 N–H and O–H groups in total. The smallest absolute Gasteiger partial charge is 0.267 e. The van der Waals surface area contributed by atoms with E-state index < -0.39 is 0 Å². The third-order valence-corrected chi connectivity index (χ3v) is 7.56. The van der Waals surface area contributed by atoms with Gasteiger partial charge in [-0.1, -0.05) is 58.9 Å². The highest BCUT2D eigenvalue weighted by Gasteiger charge is 2.39. The number of halogens is 2. The van der Waals surface area contributed by atoms with Gasteiger partial charge in [0.05, 0.1) is 4.91 Å². The van der Waals surface area contributed by atoms with Crippen LogP contribution in [0.25, 0.3) is 17.4 Å². The molecule has 2 fully saturated rings. The fraction of sp³-hybridized carbons (Fsp3) is 0.240. The SMILES string of the molecule is O=C1/C(=C\c2ccc(-c3ccc(Br)cc3)o2)SC(=Nc2cccnc2Cl)N1C1CCCCC1. The Balaban J connectivity index is 1.47. The molecule has 5 rings (SSSR count). The lowest BCUT2D eigenvalue weighted by atomic mass is 9.94. The monoisotopic (exact) mass is 541 g/mol. The summed E-state index contributed by atoms with van der Waals surface area (Å²) in [6.07, 6.45) is 8.84. The first kappa shape index (κ1) is 22.4. The van der Waals surface area contributed by atoms with Gasteiger partial charge >= 0.3 is 0 Å². The van der Waals surface area contributed by atoms with E-state index in [-0.39, 0.29) is 11.9 Å². The molecule has 0 unspecified atom stereocenters. The molecule has 3 heterocycles. The van der Waals surface area contributed by atoms with Gasteiger partial charge in [-0.05, 0) is 61.0 Å². The Bertz CT molecular complexity index is 1230. The zero-order valence-electron chi connectivity index (χ0n) is 17.7. The average molecular weight is 543 g/mol. The van der Waals surface area contributed by atoms with Crippen molar-refractivity contribution >= 4 is 62.1 Å². The van der Waals surface area contributed by atoms with Crippen molar-refractivity contribution in [2.45, 2.75) is 38.1 Å². The highest BCUT2D eigenvalue weighted by atomic mass is 79.9. The van der Waals surface area contributed by atoms with Crippen molar-refractivity contribution in [1.29, 1.82) is 0 Å². The van der Waals surface area contributed by atoms with Crippen LogP contribution < -0.4 is 0 Å². The number of carbonyl (C=O) groups excluding carboxylic acids is 1. The van der Waals surface area contributed by atoms with Crippen molar-refractivity contribution in [2.75, 3.05) is 0 Å². The minimum atomic E-state index is -0.0349. The Morgan fingerprint density at radius 1 is 1.12 bits per heavy atom. The van der Waals surface area contributed by atoms with E-state index >= 15 is 0 Å². The predicted molar refractivity (Wildman–Crippen MR) is 137 cm³/mol. The van der Waals surface area contributed by atoms with Gasteiger partial charge in [-0.2, -0.15) is 0 Å². The summed E-state index contributed by atoms with van der Waals surface area (Å²) in [4.78, 5) is 24.8. The summed E-state index contributed by atoms with van der Waals surface area (Å²) in [7, 11) is 0. The largest absolute Gasteiger partial charge is 0.457 e. The van der Waals surface area contributed by atoms with Gasteiger partial charge in [-0.3, -0.25) is 9.69 Å². The second-order valence-electron chi connectivity index (χ2n) is 7.99. The number of pyridine rings is 1. The highest BCUT2D eigenvalue weighted by molar-refractivity contribution is 9.10. The number of aromatic nitrogens is 1. The minimum Gasteiger partial charge on any atom is -0.457 e. The third kappa shape index (κ3) is 4.95. The molecule has 3 aromatic rings. The number of aliphatic imine (C=N–C) groups is 1. The molecule has 1 amide bonds. The summed E-state index contributed by atoms with van der Waals surface area (Å²) in [6, 6.07) is 15.5. The summed E-state index contributed by atoms with van der Waals surface area (Å²) in [5.41, 5.74) is 1.54. The lowest BCUT2D eigenvalue weighted by Gasteiger charge is -2.30. The van der Waals surface area contributed by atoms with E-state index in [0.29, 0.717) is 26.7 Å². The van der Waals surface area contributed by atoms with Crippen molar-refractivity contribution in [2.24, 2.45) is 4.99 Å². The average Bonchev–Trinajstić information content (AvgIpc) is 3.41. The number of thioether (sulfide) groups is 1. The molecule has 1 aromatic carbocycles. The highest BCUT2D eigenvalue weighted by Crippen LogP contribution is 2.39. The fourth-order valence-corrected chi connectivity index (χ4v) is 5.58. The van der Waals surface area contributed by atoms with Crippen LogP contribution in [0.4, 0.5) is 5.69 Å². The van der Waals surface area contributed by atoms with Gasteiger partial charge in [-0.25, -0.2) is 9.98 Å². The van der Waals surface area contributed by atoms with Gasteiger partial charge in [0.15, 0.2) is 10.3 Å². The molecule has 0 radical (unpaired) electrons. The van der Waals surface area contributed by atoms with Crippen LogP contribution in [-0.4, -0.2) is 27.0 Å². The standard InChI is InChI=1S/C25H21BrClN3O2S/c26-17-10-8-16(9-11-17)21-13-12-19(32-21)15-22-24(31)30(18-5-2-1-3-6-18)25(33-22)29-20-7-4-14-28-23(20)27/h4,7-15,18H,1-3,5-6H2/b22-15+,29-25?. The number of amidine groups is 1. The van der Waals surface area contributed by atoms with Crippen molar-refractivity contribution in [3.8, 4) is 11.3 Å². The molecule has 2 aliphatic rings. The van der Waals surface area contributed by atoms with E-state index in [1.165, 1.54) is 18.2 Å². The summed E-state index contributed by atoms with van der Waals surface area (Å²) < 4.78 is 7.04. The number of amides is 1. The number of carbonyl (C=O) groups is 1. The van der Waals surface area contributed by atoms with Crippen molar-refractivity contribution in [3.63, 3.8) is 0 Å². The fourth-order valence-electron chi connectivity index (χ4n) is 4.12. The predicted octanol–water partition coefficient (Wildman–Crippen LogP) is 7.69. The number of hydrogen-bond donors (Lipinski definition) is 0. The number of furan rings is 1. The second-order valence-corrected chi connectivity index (χ2v) is 10.3. The number of rotatable bonds is 4. The maximum Gasteiger partial charge on any atom is 0.267 e. The second kappa shape index (κ2) is 9.87. The first-order chi connectivity index (χ1) is 16.1. The molecule has 168 valence electrons. The van der Waals surface area contributed by atoms with Crippen LogP contribution >= 0.6 is 39.3 Å². The maximum atomic E-state index is 13.5. The number of benzene rings is 1. The Morgan fingerprint density at radius 3 is 2.67 bits per heavy atom. The maximum absolute atomic E-state index is 13.5. The lowest BCUT2D eigenvalue weighted by molar-refractivity contribution is -0.124. The van der Waals surface area contributed by atoms with Gasteiger partial charge in [0.2, 0.25) is 0 Å². The van der Waals surface area contributed by atoms with Crippen LogP contribution in [0.3, 0.4) is 0 Å². The van der Waals surface area contributed by atoms with Crippen molar-refractivity contribution in [3.05, 3.63) is 75.0 Å². The molecule has 1 saturated heterocycles. The van der Waals surface area contributed by atoms with Gasteiger partial charge in [0, 0.05) is 28.4 Å². The summed E-state index contributed by atoms with van der Waals surface area (Å²) in [6.45, 7) is 0. The summed E-state index contributed by atoms with van der Waals surface area (Å²) in [5, 5.41) is 0.969. The summed E-state index contributed by atoms with van der Waals surface area (Å²) >= 11 is 11.1. The molecule has 2 aromatic heterocycles. The van der Waals surface area contributed by atoms with E-state index in [9.17, 15) is 4.79 Å². The van der Waals surface area contributed by atoms with Crippen LogP contribution in [0.2, 0.25) is 5.15 Å². The lowest BCUT2D eigenvalue weighted by Crippen LogP contribution is -2.40. The molecule has 0 bridgehead atoms. The van der Waals surface area contributed by atoms with Gasteiger partial charge < -0.3 is 4.42 Å². The molecule has 5 nitrogen and oxygen atoms in total. The van der Waals surface area contributed by atoms with Gasteiger partial charge in [-0.15, -0.1) is 0 Å². The molecule has 33 heavy (non-hydrogen) atoms. The molecular formula is C25H21BrClN3O2S. The zero-order valence-corrected chi connectivity index (χ0v) is 20.9. The number of hydrogen-bond acceptors (Lipinski definition) is 5. The van der Waals surface area contributed by atoms with E-state index in [1.807, 2.05) is 47.4 Å². The third-order valence-electron chi connectivity index (χ3n) is 5.76. The first-order valence-electron chi connectivity index (χ1n) is 10.9. The zero-order chi connectivity index (χ0) is 22.8. The van der Waals surface area contributed by atoms with Crippen LogP contribution in [0.15, 0.2) is 73.5 Å². The molecule has 0 atom stereocenters. The molecule has 8 heteroatoms. The Morgan fingerprint density at radius 2 is 1.91 bits per heavy atom. The van der Waals surface area contributed by atoms with Crippen LogP contribution in [-0.2, 0) is 4.79 Å². The minimum absolute atomic E-state index is 0.0349. The molecule has 1 saturated carbocycles. The van der Waals surface area contributed by atoms with Gasteiger partial charge in [0.1, 0.15) is 17.2 Å². The van der Waals surface area contributed by atoms with Crippen LogP contribution in [0.1, 0.15) is 37.9 Å². The van der Waals surface area contributed by atoms with Crippen LogP contribution in [0.5, 0.6) is 0 Å². The van der Waals surface area contributed by atoms with E-state index in [4.69, 9.17) is 21.0 Å². The Hall–Kier alpha value is -2.35. The molecule has 1 aliphatic heterocycles. The Labute approximate surface area is 210 Å². The molecular weight excluding hydrogens is 522 g/mol. The quantitative estimate of drug-likeness (QED) is 0.250. The van der Waals surface area contributed by atoms with E-state index in [1.54, 1.807) is 18.3 Å². The van der Waals surface area contributed by atoms with Crippen molar-refractivity contribution in [1.82, 2.24) is 9.88 Å². The van der Waals surface area contributed by atoms with Gasteiger partial charge in [0.25, 0.3) is 5.91 Å². The van der Waals surface area contributed by atoms with Crippen LogP contribution in [0, 0.1) is 0 Å². The van der Waals surface area contributed by atoms with Crippen molar-refractivity contribution < 1.29 is 9.21 Å². The normalized spacial score (nSPS) is 19.7. The first-order valence-corrected chi connectivity index (χ1v) is 12.9.